The summed E-state index contributed by atoms with van der Waals surface area (Å²) >= 11 is 3.40. The Morgan fingerprint density at radius 2 is 1.88 bits per heavy atom. The maximum atomic E-state index is 12.1. The molecule has 0 saturated carbocycles. The van der Waals surface area contributed by atoms with Gasteiger partial charge in [-0.2, -0.15) is 0 Å². The van der Waals surface area contributed by atoms with Crippen molar-refractivity contribution in [2.75, 3.05) is 39.7 Å². The maximum absolute atomic E-state index is 12.1. The summed E-state index contributed by atoms with van der Waals surface area (Å²) in [5.41, 5.74) is 1.96. The molecule has 5 nitrogen and oxygen atoms in total. The van der Waals surface area contributed by atoms with Gasteiger partial charge in [0.1, 0.15) is 0 Å². The first kappa shape index (κ1) is 19.3. The Balaban J connectivity index is 1.84. The Morgan fingerprint density at radius 3 is 2.56 bits per heavy atom. The van der Waals surface area contributed by atoms with Crippen LogP contribution in [-0.4, -0.2) is 40.3 Å². The molecule has 0 spiro atoms. The molecule has 1 unspecified atom stereocenters. The van der Waals surface area contributed by atoms with Gasteiger partial charge < -0.3 is 19.7 Å². The first-order chi connectivity index (χ1) is 12.0. The van der Waals surface area contributed by atoms with Crippen LogP contribution in [0.3, 0.4) is 0 Å². The highest BCUT2D eigenvalue weighted by Gasteiger charge is 2.11. The summed E-state index contributed by atoms with van der Waals surface area (Å²) in [7, 11) is 5.27. The Kier molecular flexibility index (Phi) is 7.28. The summed E-state index contributed by atoms with van der Waals surface area (Å²) in [6.07, 6.45) is 0.857. The second kappa shape index (κ2) is 9.44. The van der Waals surface area contributed by atoms with Crippen molar-refractivity contribution < 1.29 is 19.2 Å². The van der Waals surface area contributed by atoms with Crippen LogP contribution in [0, 0.1) is 0 Å². The normalized spacial score (nSPS) is 11.7. The molecule has 0 aliphatic carbocycles. The zero-order chi connectivity index (χ0) is 18.2. The van der Waals surface area contributed by atoms with E-state index in [2.05, 4.69) is 21.2 Å². The third kappa shape index (κ3) is 6.07. The lowest BCUT2D eigenvalue weighted by molar-refractivity contribution is -0.870. The molecule has 2 N–H and O–H groups in total. The summed E-state index contributed by atoms with van der Waals surface area (Å²) in [6, 6.07) is 13.5. The Morgan fingerprint density at radius 1 is 1.12 bits per heavy atom. The van der Waals surface area contributed by atoms with E-state index in [9.17, 15) is 4.79 Å². The highest BCUT2D eigenvalue weighted by atomic mass is 79.9. The van der Waals surface area contributed by atoms with Gasteiger partial charge in [-0.1, -0.05) is 28.1 Å². The Labute approximate surface area is 157 Å². The number of ether oxygens (including phenoxy) is 2. The number of carbonyl (C=O) groups excluding carboxylic acids is 1. The molecule has 0 aromatic heterocycles. The van der Waals surface area contributed by atoms with E-state index >= 15 is 0 Å². The fraction of sp³-hybridized carbons (Fsp3) is 0.316. The number of methoxy groups -OCH3 is 2. The van der Waals surface area contributed by atoms with Crippen LogP contribution >= 0.6 is 15.9 Å². The molecule has 1 atom stereocenters. The van der Waals surface area contributed by atoms with E-state index in [4.69, 9.17) is 9.47 Å². The summed E-state index contributed by atoms with van der Waals surface area (Å²) in [5.74, 6) is 1.45. The topological polar surface area (TPSA) is 52.0 Å². The number of anilines is 1. The molecule has 0 fully saturated rings. The zero-order valence-corrected chi connectivity index (χ0v) is 16.4. The van der Waals surface area contributed by atoms with Crippen molar-refractivity contribution in [2.24, 2.45) is 0 Å². The van der Waals surface area contributed by atoms with Crippen molar-refractivity contribution in [2.45, 2.75) is 6.42 Å². The molecular formula is C19H24BrN2O3+. The number of carbonyl (C=O) groups is 1. The lowest BCUT2D eigenvalue weighted by atomic mass is 10.1. The molecule has 2 aromatic rings. The number of quaternary nitrogens is 1. The Bertz CT molecular complexity index is 722. The van der Waals surface area contributed by atoms with Gasteiger partial charge in [-0.15, -0.1) is 0 Å². The van der Waals surface area contributed by atoms with Crippen molar-refractivity contribution in [3.05, 3.63) is 52.5 Å². The SMILES string of the molecule is COc1ccc(CC[NH+](C)CC(=O)Nc2cccc(Br)c2)cc1OC. The smallest absolute Gasteiger partial charge is 0.279 e. The van der Waals surface area contributed by atoms with Crippen LogP contribution in [0.1, 0.15) is 5.56 Å². The second-order valence-electron chi connectivity index (χ2n) is 5.88. The molecule has 0 aliphatic rings. The molecule has 25 heavy (non-hydrogen) atoms. The average molecular weight is 408 g/mol. The van der Waals surface area contributed by atoms with Gasteiger partial charge in [0.2, 0.25) is 0 Å². The van der Waals surface area contributed by atoms with E-state index in [-0.39, 0.29) is 5.91 Å². The molecule has 0 heterocycles. The quantitative estimate of drug-likeness (QED) is 0.704. The van der Waals surface area contributed by atoms with Crippen LogP contribution in [0.5, 0.6) is 11.5 Å². The van der Waals surface area contributed by atoms with Gasteiger partial charge in [-0.05, 0) is 35.9 Å². The van der Waals surface area contributed by atoms with Crippen LogP contribution in [0.15, 0.2) is 46.9 Å². The number of likely N-dealkylation sites (N-methyl/N-ethyl adjacent to an activating group) is 1. The molecule has 2 rings (SSSR count). The number of rotatable bonds is 8. The minimum Gasteiger partial charge on any atom is -0.493 e. The van der Waals surface area contributed by atoms with E-state index in [0.29, 0.717) is 6.54 Å². The molecule has 0 saturated heterocycles. The maximum Gasteiger partial charge on any atom is 0.279 e. The largest absolute Gasteiger partial charge is 0.493 e. The monoisotopic (exact) mass is 407 g/mol. The van der Waals surface area contributed by atoms with Gasteiger partial charge in [0.15, 0.2) is 18.0 Å². The molecule has 134 valence electrons. The summed E-state index contributed by atoms with van der Waals surface area (Å²) < 4.78 is 11.5. The number of hydrogen-bond donors (Lipinski definition) is 2. The van der Waals surface area contributed by atoms with Crippen LogP contribution in [0.2, 0.25) is 0 Å². The number of amides is 1. The van der Waals surface area contributed by atoms with E-state index in [1.807, 2.05) is 49.5 Å². The van der Waals surface area contributed by atoms with Crippen molar-refractivity contribution >= 4 is 27.5 Å². The van der Waals surface area contributed by atoms with Gasteiger partial charge in [0, 0.05) is 16.6 Å². The lowest BCUT2D eigenvalue weighted by Gasteiger charge is -2.15. The second-order valence-corrected chi connectivity index (χ2v) is 6.80. The van der Waals surface area contributed by atoms with E-state index in [1.165, 1.54) is 0 Å². The number of nitrogens with one attached hydrogen (secondary N) is 2. The highest BCUT2D eigenvalue weighted by Crippen LogP contribution is 2.27. The fourth-order valence-corrected chi connectivity index (χ4v) is 2.93. The molecule has 0 bridgehead atoms. The third-order valence-corrected chi connectivity index (χ3v) is 4.35. The fourth-order valence-electron chi connectivity index (χ4n) is 2.53. The van der Waals surface area contributed by atoms with Gasteiger partial charge in [-0.3, -0.25) is 4.79 Å². The number of benzene rings is 2. The molecule has 2 aromatic carbocycles. The predicted octanol–water partition coefficient (Wildman–Crippen LogP) is 2.16. The number of halogens is 1. The molecule has 1 amide bonds. The van der Waals surface area contributed by atoms with Crippen LogP contribution in [0.25, 0.3) is 0 Å². The highest BCUT2D eigenvalue weighted by molar-refractivity contribution is 9.10. The van der Waals surface area contributed by atoms with E-state index in [1.54, 1.807) is 14.2 Å². The minimum absolute atomic E-state index is 0.00270. The van der Waals surface area contributed by atoms with Crippen LogP contribution in [0.4, 0.5) is 5.69 Å². The van der Waals surface area contributed by atoms with Crippen molar-refractivity contribution in [1.82, 2.24) is 0 Å². The van der Waals surface area contributed by atoms with Gasteiger partial charge >= 0.3 is 0 Å². The minimum atomic E-state index is 0.00270. The van der Waals surface area contributed by atoms with E-state index < -0.39 is 0 Å². The first-order valence-corrected chi connectivity index (χ1v) is 8.88. The van der Waals surface area contributed by atoms with Crippen LogP contribution < -0.4 is 19.7 Å². The summed E-state index contributed by atoms with van der Waals surface area (Å²) in [6.45, 7) is 1.27. The molecular weight excluding hydrogens is 384 g/mol. The van der Waals surface area contributed by atoms with Crippen molar-refractivity contribution in [3.63, 3.8) is 0 Å². The third-order valence-electron chi connectivity index (χ3n) is 3.86. The average Bonchev–Trinajstić information content (AvgIpc) is 2.59. The van der Waals surface area contributed by atoms with E-state index in [0.717, 1.165) is 45.1 Å². The predicted molar refractivity (Wildman–Crippen MR) is 103 cm³/mol. The van der Waals surface area contributed by atoms with Gasteiger partial charge in [0.25, 0.3) is 5.91 Å². The molecule has 6 heteroatoms. The Hall–Kier alpha value is -2.05. The van der Waals surface area contributed by atoms with Gasteiger partial charge in [0.05, 0.1) is 27.8 Å². The van der Waals surface area contributed by atoms with Crippen LogP contribution in [-0.2, 0) is 11.2 Å². The standard InChI is InChI=1S/C19H23BrN2O3/c1-22(13-19(23)21-16-6-4-5-15(20)12-16)10-9-14-7-8-17(24-2)18(11-14)25-3/h4-8,11-12H,9-10,13H2,1-3H3,(H,21,23)/p+1. The first-order valence-electron chi connectivity index (χ1n) is 8.09. The molecule has 0 aliphatic heterocycles. The summed E-state index contributed by atoms with van der Waals surface area (Å²) in [5, 5.41) is 2.92. The zero-order valence-electron chi connectivity index (χ0n) is 14.8. The number of hydrogen-bond acceptors (Lipinski definition) is 3. The molecule has 0 radical (unpaired) electrons. The van der Waals surface area contributed by atoms with Crippen molar-refractivity contribution in [1.29, 1.82) is 0 Å². The van der Waals surface area contributed by atoms with Gasteiger partial charge in [-0.25, -0.2) is 0 Å². The summed E-state index contributed by atoms with van der Waals surface area (Å²) in [4.78, 5) is 13.3. The lowest BCUT2D eigenvalue weighted by Crippen LogP contribution is -3.10. The van der Waals surface area contributed by atoms with Crippen molar-refractivity contribution in [3.8, 4) is 11.5 Å².